The van der Waals surface area contributed by atoms with Crippen LogP contribution in [0.25, 0.3) is 0 Å². The number of methoxy groups -OCH3 is 1. The number of hydrogen-bond donors (Lipinski definition) is 2. The Morgan fingerprint density at radius 2 is 2.14 bits per heavy atom. The van der Waals surface area contributed by atoms with Gasteiger partial charge in [-0.3, -0.25) is 4.99 Å². The molecule has 5 heteroatoms. The minimum Gasteiger partial charge on any atom is -0.496 e. The molecular formula is C16H26IN3O. The molecule has 1 fully saturated rings. The Morgan fingerprint density at radius 1 is 1.43 bits per heavy atom. The molecule has 1 aliphatic carbocycles. The average Bonchev–Trinajstić information content (AvgIpc) is 3.14. The number of benzene rings is 1. The van der Waals surface area contributed by atoms with Crippen molar-refractivity contribution in [2.24, 2.45) is 10.9 Å². The molecule has 0 radical (unpaired) electrons. The van der Waals surface area contributed by atoms with Crippen LogP contribution in [0.2, 0.25) is 0 Å². The normalized spacial score (nSPS) is 20.5. The van der Waals surface area contributed by atoms with Crippen LogP contribution in [0.1, 0.15) is 24.5 Å². The molecule has 0 spiro atoms. The van der Waals surface area contributed by atoms with Crippen molar-refractivity contribution in [3.05, 3.63) is 29.3 Å². The topological polar surface area (TPSA) is 45.7 Å². The van der Waals surface area contributed by atoms with E-state index in [-0.39, 0.29) is 24.0 Å². The number of hydrogen-bond acceptors (Lipinski definition) is 2. The maximum atomic E-state index is 5.35. The van der Waals surface area contributed by atoms with Gasteiger partial charge in [0.2, 0.25) is 0 Å². The van der Waals surface area contributed by atoms with Crippen LogP contribution in [0, 0.1) is 12.8 Å². The van der Waals surface area contributed by atoms with Gasteiger partial charge in [0.05, 0.1) is 7.11 Å². The molecule has 4 nitrogen and oxygen atoms in total. The summed E-state index contributed by atoms with van der Waals surface area (Å²) in [5.41, 5.74) is 2.44. The smallest absolute Gasteiger partial charge is 0.191 e. The van der Waals surface area contributed by atoms with Crippen molar-refractivity contribution < 1.29 is 4.74 Å². The Balaban J connectivity index is 0.00000220. The number of nitrogens with zero attached hydrogens (tertiary/aromatic N) is 1. The number of nitrogens with one attached hydrogen (secondary N) is 2. The van der Waals surface area contributed by atoms with Gasteiger partial charge in [-0.25, -0.2) is 0 Å². The highest BCUT2D eigenvalue weighted by Crippen LogP contribution is 2.28. The van der Waals surface area contributed by atoms with Crippen LogP contribution in [-0.4, -0.2) is 32.7 Å². The molecule has 21 heavy (non-hydrogen) atoms. The van der Waals surface area contributed by atoms with Gasteiger partial charge >= 0.3 is 0 Å². The van der Waals surface area contributed by atoms with Crippen LogP contribution >= 0.6 is 24.0 Å². The van der Waals surface area contributed by atoms with Crippen LogP contribution in [0.3, 0.4) is 0 Å². The summed E-state index contributed by atoms with van der Waals surface area (Å²) in [7, 11) is 3.53. The molecule has 1 saturated carbocycles. The fraction of sp³-hybridized carbons (Fsp3) is 0.562. The Kier molecular flexibility index (Phi) is 7.28. The van der Waals surface area contributed by atoms with E-state index in [2.05, 4.69) is 47.7 Å². The van der Waals surface area contributed by atoms with Crippen LogP contribution in [0.4, 0.5) is 0 Å². The van der Waals surface area contributed by atoms with Gasteiger partial charge in [0.25, 0.3) is 0 Å². The summed E-state index contributed by atoms with van der Waals surface area (Å²) in [6.45, 7) is 5.18. The summed E-state index contributed by atoms with van der Waals surface area (Å²) in [6, 6.07) is 6.96. The first-order chi connectivity index (χ1) is 9.63. The van der Waals surface area contributed by atoms with Crippen LogP contribution in [0.15, 0.2) is 23.2 Å². The van der Waals surface area contributed by atoms with Crippen molar-refractivity contribution in [3.8, 4) is 5.75 Å². The predicted molar refractivity (Wildman–Crippen MR) is 98.9 cm³/mol. The van der Waals surface area contributed by atoms with E-state index in [9.17, 15) is 0 Å². The molecule has 2 rings (SSSR count). The average molecular weight is 403 g/mol. The van der Waals surface area contributed by atoms with E-state index < -0.39 is 0 Å². The second-order valence-corrected chi connectivity index (χ2v) is 5.52. The molecule has 0 saturated heterocycles. The quantitative estimate of drug-likeness (QED) is 0.452. The molecule has 2 atom stereocenters. The minimum absolute atomic E-state index is 0. The number of aliphatic imine (C=N–C) groups is 1. The molecule has 2 unspecified atom stereocenters. The SMILES string of the molecule is CN=C(NCCc1ccc(C)c(OC)c1)NC1CC1C.I. The third-order valence-corrected chi connectivity index (χ3v) is 3.83. The van der Waals surface area contributed by atoms with E-state index in [4.69, 9.17) is 4.74 Å². The Morgan fingerprint density at radius 3 is 2.71 bits per heavy atom. The first kappa shape index (κ1) is 18.1. The lowest BCUT2D eigenvalue weighted by atomic mass is 10.1. The molecule has 0 aromatic heterocycles. The summed E-state index contributed by atoms with van der Waals surface area (Å²) in [5, 5.41) is 6.78. The molecular weight excluding hydrogens is 377 g/mol. The lowest BCUT2D eigenvalue weighted by molar-refractivity contribution is 0.411. The highest BCUT2D eigenvalue weighted by molar-refractivity contribution is 14.0. The molecule has 1 aromatic rings. The molecule has 0 bridgehead atoms. The van der Waals surface area contributed by atoms with Gasteiger partial charge in [-0.15, -0.1) is 24.0 Å². The zero-order chi connectivity index (χ0) is 14.5. The second-order valence-electron chi connectivity index (χ2n) is 5.52. The van der Waals surface area contributed by atoms with Crippen LogP contribution in [0.5, 0.6) is 5.75 Å². The summed E-state index contributed by atoms with van der Waals surface area (Å²) in [6.07, 6.45) is 2.20. The number of rotatable bonds is 5. The van der Waals surface area contributed by atoms with E-state index in [1.54, 1.807) is 7.11 Å². The highest BCUT2D eigenvalue weighted by Gasteiger charge is 2.33. The van der Waals surface area contributed by atoms with Gasteiger partial charge in [0.1, 0.15) is 5.75 Å². The van der Waals surface area contributed by atoms with E-state index >= 15 is 0 Å². The molecule has 0 aliphatic heterocycles. The fourth-order valence-corrected chi connectivity index (χ4v) is 2.24. The third-order valence-electron chi connectivity index (χ3n) is 3.83. The van der Waals surface area contributed by atoms with E-state index in [1.165, 1.54) is 17.5 Å². The zero-order valence-electron chi connectivity index (χ0n) is 13.3. The van der Waals surface area contributed by atoms with Gasteiger partial charge in [-0.1, -0.05) is 19.1 Å². The first-order valence-electron chi connectivity index (χ1n) is 7.24. The van der Waals surface area contributed by atoms with Crippen LogP contribution < -0.4 is 15.4 Å². The fourth-order valence-electron chi connectivity index (χ4n) is 2.24. The highest BCUT2D eigenvalue weighted by atomic mass is 127. The molecule has 0 heterocycles. The summed E-state index contributed by atoms with van der Waals surface area (Å²) >= 11 is 0. The largest absolute Gasteiger partial charge is 0.496 e. The number of halogens is 1. The monoisotopic (exact) mass is 403 g/mol. The Bertz CT molecular complexity index is 490. The first-order valence-corrected chi connectivity index (χ1v) is 7.24. The minimum atomic E-state index is 0. The lowest BCUT2D eigenvalue weighted by Crippen LogP contribution is -2.39. The molecule has 1 aromatic carbocycles. The summed E-state index contributed by atoms with van der Waals surface area (Å²) < 4.78 is 5.35. The van der Waals surface area contributed by atoms with Crippen molar-refractivity contribution in [1.29, 1.82) is 0 Å². The molecule has 1 aliphatic rings. The Labute approximate surface area is 144 Å². The van der Waals surface area contributed by atoms with Gasteiger partial charge in [-0.2, -0.15) is 0 Å². The molecule has 2 N–H and O–H groups in total. The van der Waals surface area contributed by atoms with Crippen molar-refractivity contribution in [2.45, 2.75) is 32.7 Å². The van der Waals surface area contributed by atoms with Gasteiger partial charge in [-0.05, 0) is 42.9 Å². The van der Waals surface area contributed by atoms with Crippen molar-refractivity contribution in [1.82, 2.24) is 10.6 Å². The van der Waals surface area contributed by atoms with Crippen molar-refractivity contribution in [3.63, 3.8) is 0 Å². The summed E-state index contributed by atoms with van der Waals surface area (Å²) in [4.78, 5) is 4.25. The van der Waals surface area contributed by atoms with E-state index in [1.807, 2.05) is 7.05 Å². The standard InChI is InChI=1S/C16H25N3O.HI/c1-11-5-6-13(10-15(11)20-4)7-8-18-16(17-3)19-14-9-12(14)2;/h5-6,10,12,14H,7-9H2,1-4H3,(H2,17,18,19);1H. The van der Waals surface area contributed by atoms with Gasteiger partial charge < -0.3 is 15.4 Å². The van der Waals surface area contributed by atoms with Crippen molar-refractivity contribution in [2.75, 3.05) is 20.7 Å². The zero-order valence-corrected chi connectivity index (χ0v) is 15.6. The maximum Gasteiger partial charge on any atom is 0.191 e. The molecule has 0 amide bonds. The number of ether oxygens (including phenoxy) is 1. The second kappa shape index (κ2) is 8.46. The van der Waals surface area contributed by atoms with Crippen molar-refractivity contribution >= 4 is 29.9 Å². The van der Waals surface area contributed by atoms with E-state index in [0.717, 1.165) is 30.6 Å². The number of aryl methyl sites for hydroxylation is 1. The lowest BCUT2D eigenvalue weighted by Gasteiger charge is -2.12. The predicted octanol–water partition coefficient (Wildman–Crippen LogP) is 2.74. The number of guanidine groups is 1. The molecule has 118 valence electrons. The van der Waals surface area contributed by atoms with Gasteiger partial charge in [0, 0.05) is 19.6 Å². The van der Waals surface area contributed by atoms with Gasteiger partial charge in [0.15, 0.2) is 5.96 Å². The van der Waals surface area contributed by atoms with E-state index in [0.29, 0.717) is 6.04 Å². The van der Waals surface area contributed by atoms with Crippen LogP contribution in [-0.2, 0) is 6.42 Å². The summed E-state index contributed by atoms with van der Waals surface area (Å²) in [5.74, 6) is 2.63. The Hall–Kier alpha value is -0.980. The third kappa shape index (κ3) is 5.37. The maximum absolute atomic E-state index is 5.35.